The molecule has 0 N–H and O–H groups in total. The van der Waals surface area contributed by atoms with Gasteiger partial charge in [0.2, 0.25) is 0 Å². The minimum absolute atomic E-state index is 0.247. The molecule has 19 heavy (non-hydrogen) atoms. The van der Waals surface area contributed by atoms with Crippen molar-refractivity contribution in [1.82, 2.24) is 0 Å². The van der Waals surface area contributed by atoms with Crippen molar-refractivity contribution < 1.29 is 12.6 Å². The summed E-state index contributed by atoms with van der Waals surface area (Å²) in [6, 6.07) is 7.03. The Kier molecular flexibility index (Phi) is 4.47. The molecule has 0 aromatic heterocycles. The molecule has 0 bridgehead atoms. The topological polar surface area (TPSA) is 43.4 Å². The Hall–Kier alpha value is -0.870. The van der Waals surface area contributed by atoms with E-state index in [0.717, 1.165) is 5.56 Å². The average molecular weight is 284 g/mol. The lowest BCUT2D eigenvalue weighted by Gasteiger charge is -2.26. The molecule has 0 aliphatic heterocycles. The van der Waals surface area contributed by atoms with Crippen LogP contribution in [0.2, 0.25) is 0 Å². The van der Waals surface area contributed by atoms with Crippen LogP contribution in [0.3, 0.4) is 0 Å². The van der Waals surface area contributed by atoms with Crippen molar-refractivity contribution >= 4 is 10.1 Å². The van der Waals surface area contributed by atoms with E-state index in [9.17, 15) is 8.42 Å². The quantitative estimate of drug-likeness (QED) is 0.788. The molecule has 3 nitrogen and oxygen atoms in total. The molecule has 0 radical (unpaired) electrons. The van der Waals surface area contributed by atoms with Crippen LogP contribution in [0.25, 0.3) is 0 Å². The molecule has 0 amide bonds. The zero-order valence-corrected chi connectivity index (χ0v) is 13.5. The minimum Gasteiger partial charge on any atom is -0.260 e. The van der Waals surface area contributed by atoms with Crippen molar-refractivity contribution in [2.24, 2.45) is 0 Å². The Morgan fingerprint density at radius 1 is 1.05 bits per heavy atom. The van der Waals surface area contributed by atoms with E-state index in [4.69, 9.17) is 4.18 Å². The fourth-order valence-electron chi connectivity index (χ4n) is 1.71. The highest BCUT2D eigenvalue weighted by Crippen LogP contribution is 2.31. The molecule has 1 rings (SSSR count). The molecule has 0 fully saturated rings. The molecule has 0 aliphatic carbocycles. The summed E-state index contributed by atoms with van der Waals surface area (Å²) in [6.45, 7) is 11.4. The van der Waals surface area contributed by atoms with E-state index in [-0.39, 0.29) is 10.3 Å². The van der Waals surface area contributed by atoms with Crippen LogP contribution in [0.5, 0.6) is 0 Å². The summed E-state index contributed by atoms with van der Waals surface area (Å²) in [6.07, 6.45) is 0.629. The SMILES string of the molecule is CCC(C)(C)OS(=O)(=O)c1ccccc1C(C)(C)C. The van der Waals surface area contributed by atoms with Crippen molar-refractivity contribution in [2.45, 2.75) is 63.9 Å². The monoisotopic (exact) mass is 284 g/mol. The Bertz CT molecular complexity index is 537. The Morgan fingerprint density at radius 3 is 2.05 bits per heavy atom. The first kappa shape index (κ1) is 16.2. The second-order valence-corrected chi connectivity index (χ2v) is 7.91. The van der Waals surface area contributed by atoms with E-state index in [0.29, 0.717) is 6.42 Å². The third-order valence-corrected chi connectivity index (χ3v) is 4.72. The van der Waals surface area contributed by atoms with E-state index >= 15 is 0 Å². The summed E-state index contributed by atoms with van der Waals surface area (Å²) >= 11 is 0. The predicted octanol–water partition coefficient (Wildman–Crippen LogP) is 3.88. The molecular weight excluding hydrogens is 260 g/mol. The van der Waals surface area contributed by atoms with Crippen LogP contribution < -0.4 is 0 Å². The van der Waals surface area contributed by atoms with E-state index < -0.39 is 15.7 Å². The Morgan fingerprint density at radius 2 is 1.58 bits per heavy atom. The van der Waals surface area contributed by atoms with Gasteiger partial charge in [-0.15, -0.1) is 0 Å². The van der Waals surface area contributed by atoms with Gasteiger partial charge >= 0.3 is 0 Å². The Balaban J connectivity index is 3.31. The van der Waals surface area contributed by atoms with Gasteiger partial charge < -0.3 is 0 Å². The van der Waals surface area contributed by atoms with Gasteiger partial charge in [0.25, 0.3) is 10.1 Å². The van der Waals surface area contributed by atoms with Crippen LogP contribution in [-0.2, 0) is 19.7 Å². The molecule has 1 aromatic carbocycles. The molecule has 0 atom stereocenters. The third kappa shape index (κ3) is 4.05. The standard InChI is InChI=1S/C15H24O3S/c1-7-15(5,6)18-19(16,17)13-11-9-8-10-12(13)14(2,3)4/h8-11H,7H2,1-6H3. The molecule has 0 aliphatic rings. The zero-order chi connectivity index (χ0) is 14.9. The molecule has 108 valence electrons. The summed E-state index contributed by atoms with van der Waals surface area (Å²) in [5.74, 6) is 0. The van der Waals surface area contributed by atoms with Gasteiger partial charge in [-0.3, -0.25) is 4.18 Å². The van der Waals surface area contributed by atoms with Crippen molar-refractivity contribution in [3.8, 4) is 0 Å². The third-order valence-electron chi connectivity index (χ3n) is 3.15. The molecule has 0 unspecified atom stereocenters. The van der Waals surface area contributed by atoms with Gasteiger partial charge in [-0.25, -0.2) is 0 Å². The molecule has 1 aromatic rings. The molecule has 0 spiro atoms. The largest absolute Gasteiger partial charge is 0.297 e. The molecule has 0 heterocycles. The summed E-state index contributed by atoms with van der Waals surface area (Å²) in [5, 5.41) is 0. The van der Waals surface area contributed by atoms with Crippen molar-refractivity contribution in [2.75, 3.05) is 0 Å². The van der Waals surface area contributed by atoms with E-state index in [2.05, 4.69) is 0 Å². The number of rotatable bonds is 4. The van der Waals surface area contributed by atoms with Gasteiger partial charge in [-0.1, -0.05) is 45.9 Å². The fourth-order valence-corrected chi connectivity index (χ4v) is 3.40. The zero-order valence-electron chi connectivity index (χ0n) is 12.6. The highest BCUT2D eigenvalue weighted by molar-refractivity contribution is 7.86. The lowest BCUT2D eigenvalue weighted by molar-refractivity contribution is 0.113. The van der Waals surface area contributed by atoms with Crippen LogP contribution in [0.1, 0.15) is 53.5 Å². The normalized spacial score (nSPS) is 13.6. The van der Waals surface area contributed by atoms with Gasteiger partial charge in [-0.05, 0) is 37.3 Å². The molecular formula is C15H24O3S. The molecule has 0 saturated heterocycles. The first-order valence-corrected chi connectivity index (χ1v) is 7.95. The van der Waals surface area contributed by atoms with Gasteiger partial charge in [0, 0.05) is 0 Å². The summed E-state index contributed by atoms with van der Waals surface area (Å²) in [5.41, 5.74) is -0.158. The predicted molar refractivity (Wildman–Crippen MR) is 77.8 cm³/mol. The fraction of sp³-hybridized carbons (Fsp3) is 0.600. The van der Waals surface area contributed by atoms with E-state index in [1.807, 2.05) is 39.8 Å². The van der Waals surface area contributed by atoms with Crippen LogP contribution in [0.4, 0.5) is 0 Å². The molecule has 4 heteroatoms. The highest BCUT2D eigenvalue weighted by atomic mass is 32.2. The molecule has 0 saturated carbocycles. The lowest BCUT2D eigenvalue weighted by atomic mass is 9.87. The Labute approximate surface area is 117 Å². The van der Waals surface area contributed by atoms with Crippen molar-refractivity contribution in [1.29, 1.82) is 0 Å². The van der Waals surface area contributed by atoms with Crippen LogP contribution in [0.15, 0.2) is 29.2 Å². The van der Waals surface area contributed by atoms with Crippen molar-refractivity contribution in [3.05, 3.63) is 29.8 Å². The van der Waals surface area contributed by atoms with Crippen LogP contribution in [-0.4, -0.2) is 14.0 Å². The van der Waals surface area contributed by atoms with E-state index in [1.54, 1.807) is 26.0 Å². The summed E-state index contributed by atoms with van der Waals surface area (Å²) < 4.78 is 30.3. The number of hydrogen-bond donors (Lipinski definition) is 0. The summed E-state index contributed by atoms with van der Waals surface area (Å²) in [7, 11) is -3.74. The number of hydrogen-bond acceptors (Lipinski definition) is 3. The maximum Gasteiger partial charge on any atom is 0.297 e. The van der Waals surface area contributed by atoms with Gasteiger partial charge in [0.1, 0.15) is 0 Å². The second-order valence-electron chi connectivity index (χ2n) is 6.40. The van der Waals surface area contributed by atoms with E-state index in [1.165, 1.54) is 0 Å². The second kappa shape index (κ2) is 5.25. The van der Waals surface area contributed by atoms with Gasteiger partial charge in [-0.2, -0.15) is 8.42 Å². The minimum atomic E-state index is -3.74. The maximum atomic E-state index is 12.5. The average Bonchev–Trinajstić information content (AvgIpc) is 2.27. The summed E-state index contributed by atoms with van der Waals surface area (Å²) in [4.78, 5) is 0.268. The maximum absolute atomic E-state index is 12.5. The first-order chi connectivity index (χ1) is 8.49. The first-order valence-electron chi connectivity index (χ1n) is 6.55. The van der Waals surface area contributed by atoms with Gasteiger partial charge in [0.05, 0.1) is 10.5 Å². The van der Waals surface area contributed by atoms with Crippen LogP contribution >= 0.6 is 0 Å². The highest BCUT2D eigenvalue weighted by Gasteiger charge is 2.31. The lowest BCUT2D eigenvalue weighted by Crippen LogP contribution is -2.28. The smallest absolute Gasteiger partial charge is 0.260 e. The van der Waals surface area contributed by atoms with Crippen molar-refractivity contribution in [3.63, 3.8) is 0 Å². The van der Waals surface area contributed by atoms with Gasteiger partial charge in [0.15, 0.2) is 0 Å². The number of benzene rings is 1. The van der Waals surface area contributed by atoms with Crippen LogP contribution in [0, 0.1) is 0 Å².